The molecule has 0 aliphatic carbocycles. The zero-order valence-corrected chi connectivity index (χ0v) is 14.7. The summed E-state index contributed by atoms with van der Waals surface area (Å²) >= 11 is 11.4. The van der Waals surface area contributed by atoms with Crippen molar-refractivity contribution in [2.24, 2.45) is 5.73 Å². The van der Waals surface area contributed by atoms with Crippen molar-refractivity contribution in [3.63, 3.8) is 0 Å². The number of benzene rings is 1. The summed E-state index contributed by atoms with van der Waals surface area (Å²) in [5.41, 5.74) is 5.41. The van der Waals surface area contributed by atoms with Gasteiger partial charge in [0.15, 0.2) is 0 Å². The average molecular weight is 374 g/mol. The van der Waals surface area contributed by atoms with Crippen LogP contribution in [0.5, 0.6) is 0 Å². The number of halogens is 2. The number of hydrogen-bond acceptors (Lipinski definition) is 3. The van der Waals surface area contributed by atoms with E-state index in [0.29, 0.717) is 0 Å². The first-order valence-electron chi connectivity index (χ1n) is 4.72. The molecule has 7 nitrogen and oxygen atoms in total. The number of nitrogens with two attached hydrogens (primary N) is 1. The predicted molar refractivity (Wildman–Crippen MR) is 76.9 cm³/mol. The fraction of sp³-hybridized carbons (Fsp3) is 0.250. The van der Waals surface area contributed by atoms with Gasteiger partial charge in [-0.25, -0.2) is 0 Å². The SMILES string of the molecule is NC(Cc1ccc(Cl)c(Cl)c1)(P(=O)(O)O)P(=O)(O)O.[Mg+2]. The summed E-state index contributed by atoms with van der Waals surface area (Å²) in [5, 5.41) is -2.73. The second-order valence-electron chi connectivity index (χ2n) is 3.89. The van der Waals surface area contributed by atoms with Crippen LogP contribution in [-0.2, 0) is 15.6 Å². The molecule has 0 unspecified atom stereocenters. The molecule has 12 heteroatoms. The molecule has 0 aliphatic heterocycles. The third-order valence-electron chi connectivity index (χ3n) is 2.46. The first-order chi connectivity index (χ1) is 8.38. The molecule has 0 amide bonds. The quantitative estimate of drug-likeness (QED) is 0.393. The van der Waals surface area contributed by atoms with Gasteiger partial charge in [0.2, 0.25) is 5.02 Å². The minimum Gasteiger partial charge on any atom is -0.323 e. The maximum Gasteiger partial charge on any atom is 2.00 e. The topological polar surface area (TPSA) is 141 Å². The smallest absolute Gasteiger partial charge is 0.323 e. The van der Waals surface area contributed by atoms with E-state index in [-0.39, 0.29) is 38.7 Å². The Morgan fingerprint density at radius 2 is 1.50 bits per heavy atom. The molecule has 0 aliphatic rings. The van der Waals surface area contributed by atoms with E-state index in [4.69, 9.17) is 48.5 Å². The Balaban J connectivity index is 0.00000361. The number of hydrogen-bond donors (Lipinski definition) is 5. The van der Waals surface area contributed by atoms with Gasteiger partial charge in [0, 0.05) is 6.42 Å². The van der Waals surface area contributed by atoms with Crippen LogP contribution in [0.4, 0.5) is 0 Å². The van der Waals surface area contributed by atoms with Crippen molar-refractivity contribution in [2.75, 3.05) is 0 Å². The van der Waals surface area contributed by atoms with E-state index in [1.54, 1.807) is 0 Å². The molecule has 108 valence electrons. The third-order valence-corrected chi connectivity index (χ3v) is 7.09. The molecule has 20 heavy (non-hydrogen) atoms. The second-order valence-corrected chi connectivity index (χ2v) is 8.83. The standard InChI is InChI=1S/C8H11Cl2NO6P2.Mg/c9-6-2-1-5(3-7(6)10)4-8(11,18(12,13)14)19(15,16)17;/h1-3H,4,11H2,(H2,12,13,14)(H2,15,16,17);/q;+2. The molecular weight excluding hydrogens is 363 g/mol. The third kappa shape index (κ3) is 4.41. The van der Waals surface area contributed by atoms with Crippen LogP contribution in [0.3, 0.4) is 0 Å². The maximum absolute atomic E-state index is 11.3. The van der Waals surface area contributed by atoms with Crippen LogP contribution >= 0.6 is 38.4 Å². The van der Waals surface area contributed by atoms with Crippen LogP contribution in [0.2, 0.25) is 10.0 Å². The Kier molecular flexibility index (Phi) is 7.22. The van der Waals surface area contributed by atoms with Crippen LogP contribution in [0.15, 0.2) is 18.2 Å². The summed E-state index contributed by atoms with van der Waals surface area (Å²) in [7, 11) is -10.5. The molecule has 0 saturated heterocycles. The molecule has 0 radical (unpaired) electrons. The molecule has 1 aromatic rings. The van der Waals surface area contributed by atoms with Crippen molar-refractivity contribution in [3.05, 3.63) is 33.8 Å². The first-order valence-corrected chi connectivity index (χ1v) is 8.70. The summed E-state index contributed by atoms with van der Waals surface area (Å²) in [6, 6.07) is 3.89. The van der Waals surface area contributed by atoms with Gasteiger partial charge in [0.25, 0.3) is 0 Å². The molecule has 0 bridgehead atoms. The van der Waals surface area contributed by atoms with Gasteiger partial charge in [-0.05, 0) is 17.7 Å². The molecule has 0 fully saturated rings. The van der Waals surface area contributed by atoms with Gasteiger partial charge in [0.1, 0.15) is 0 Å². The van der Waals surface area contributed by atoms with Crippen LogP contribution in [0.1, 0.15) is 5.56 Å². The van der Waals surface area contributed by atoms with Gasteiger partial charge < -0.3 is 25.3 Å². The Hall–Kier alpha value is 0.826. The van der Waals surface area contributed by atoms with E-state index in [0.717, 1.165) is 0 Å². The molecule has 1 rings (SSSR count). The molecule has 0 aromatic heterocycles. The summed E-state index contributed by atoms with van der Waals surface area (Å²) < 4.78 is 22.5. The first kappa shape index (κ1) is 20.8. The van der Waals surface area contributed by atoms with E-state index >= 15 is 0 Å². The number of rotatable bonds is 4. The summed E-state index contributed by atoms with van der Waals surface area (Å²) in [6.07, 6.45) is -0.752. The van der Waals surface area contributed by atoms with Crippen LogP contribution in [0.25, 0.3) is 0 Å². The van der Waals surface area contributed by atoms with Crippen LogP contribution in [0, 0.1) is 0 Å². The van der Waals surface area contributed by atoms with Crippen molar-refractivity contribution in [2.45, 2.75) is 11.4 Å². The monoisotopic (exact) mass is 373 g/mol. The van der Waals surface area contributed by atoms with Gasteiger partial charge in [-0.15, -0.1) is 0 Å². The van der Waals surface area contributed by atoms with E-state index in [9.17, 15) is 9.13 Å². The van der Waals surface area contributed by atoms with Crippen molar-refractivity contribution < 1.29 is 28.7 Å². The fourth-order valence-electron chi connectivity index (χ4n) is 1.33. The zero-order valence-electron chi connectivity index (χ0n) is 9.98. The molecule has 0 saturated carbocycles. The average Bonchev–Trinajstić information content (AvgIpc) is 2.20. The fourth-order valence-corrected chi connectivity index (χ4v) is 3.78. The Labute approximate surface area is 140 Å². The van der Waals surface area contributed by atoms with Gasteiger partial charge in [-0.1, -0.05) is 29.3 Å². The van der Waals surface area contributed by atoms with Crippen molar-refractivity contribution >= 4 is 61.4 Å². The normalized spacial score (nSPS) is 12.9. The van der Waals surface area contributed by atoms with E-state index in [1.165, 1.54) is 18.2 Å². The predicted octanol–water partition coefficient (Wildman–Crippen LogP) is 1.12. The van der Waals surface area contributed by atoms with Crippen LogP contribution in [-0.4, -0.2) is 47.6 Å². The van der Waals surface area contributed by atoms with E-state index in [2.05, 4.69) is 0 Å². The second kappa shape index (κ2) is 6.94. The minimum atomic E-state index is -5.26. The molecule has 6 N–H and O–H groups in total. The van der Waals surface area contributed by atoms with Crippen molar-refractivity contribution in [1.29, 1.82) is 0 Å². The minimum absolute atomic E-state index is 0. The molecule has 0 atom stereocenters. The zero-order chi connectivity index (χ0) is 15.1. The van der Waals surface area contributed by atoms with Crippen molar-refractivity contribution in [1.82, 2.24) is 0 Å². The van der Waals surface area contributed by atoms with Gasteiger partial charge in [-0.2, -0.15) is 0 Å². The molecular formula is C8H11Cl2MgNO6P2+2. The summed E-state index contributed by atoms with van der Waals surface area (Å²) in [4.78, 5) is 36.4. The van der Waals surface area contributed by atoms with E-state index < -0.39 is 26.6 Å². The molecule has 0 spiro atoms. The van der Waals surface area contributed by atoms with Crippen molar-refractivity contribution in [3.8, 4) is 0 Å². The largest absolute Gasteiger partial charge is 2.00 e. The van der Waals surface area contributed by atoms with Crippen LogP contribution < -0.4 is 5.73 Å². The summed E-state index contributed by atoms with van der Waals surface area (Å²) in [5.74, 6) is 0. The molecule has 1 aromatic carbocycles. The van der Waals surface area contributed by atoms with Gasteiger partial charge in [-0.3, -0.25) is 9.13 Å². The van der Waals surface area contributed by atoms with Gasteiger partial charge in [0.05, 0.1) is 10.0 Å². The van der Waals surface area contributed by atoms with E-state index in [1.807, 2.05) is 0 Å². The maximum atomic E-state index is 11.3. The Morgan fingerprint density at radius 1 is 1.05 bits per heavy atom. The van der Waals surface area contributed by atoms with Gasteiger partial charge >= 0.3 is 38.2 Å². The molecule has 0 heterocycles. The Bertz CT molecular complexity index is 566. The summed E-state index contributed by atoms with van der Waals surface area (Å²) in [6.45, 7) is 0. The Morgan fingerprint density at radius 3 is 1.85 bits per heavy atom.